The summed E-state index contributed by atoms with van der Waals surface area (Å²) in [4.78, 5) is 7.04. The lowest BCUT2D eigenvalue weighted by atomic mass is 10.1. The van der Waals surface area contributed by atoms with Gasteiger partial charge in [-0.2, -0.15) is 0 Å². The van der Waals surface area contributed by atoms with Gasteiger partial charge in [0, 0.05) is 36.6 Å². The summed E-state index contributed by atoms with van der Waals surface area (Å²) in [7, 11) is 2.09. The first-order chi connectivity index (χ1) is 9.24. The third kappa shape index (κ3) is 2.73. The Morgan fingerprint density at radius 3 is 3.11 bits per heavy atom. The van der Waals surface area contributed by atoms with Gasteiger partial charge in [0.05, 0.1) is 25.8 Å². The molecule has 102 valence electrons. The van der Waals surface area contributed by atoms with E-state index in [4.69, 9.17) is 4.74 Å². The quantitative estimate of drug-likeness (QED) is 0.863. The maximum Gasteiger partial charge on any atom is 0.107 e. The lowest BCUT2D eigenvalue weighted by Crippen LogP contribution is -2.39. The molecule has 2 aromatic rings. The van der Waals surface area contributed by atoms with E-state index in [-0.39, 0.29) is 0 Å². The molecule has 1 aliphatic rings. The third-order valence-corrected chi connectivity index (χ3v) is 4.52. The molecule has 5 heteroatoms. The van der Waals surface area contributed by atoms with Crippen molar-refractivity contribution in [2.75, 3.05) is 19.8 Å². The van der Waals surface area contributed by atoms with Crippen molar-refractivity contribution in [2.45, 2.75) is 19.5 Å². The number of aryl methyl sites for hydroxylation is 2. The molecule has 1 fully saturated rings. The molecule has 0 radical (unpaired) electrons. The molecule has 1 aliphatic heterocycles. The highest BCUT2D eigenvalue weighted by molar-refractivity contribution is 7.09. The highest BCUT2D eigenvalue weighted by Crippen LogP contribution is 2.26. The Morgan fingerprint density at radius 2 is 2.42 bits per heavy atom. The van der Waals surface area contributed by atoms with Gasteiger partial charge in [-0.1, -0.05) is 0 Å². The SMILES string of the molecule is Cc1csc(CN2CCOC[C@H]2c2cccn2C)n1. The summed E-state index contributed by atoms with van der Waals surface area (Å²) in [5.41, 5.74) is 2.43. The summed E-state index contributed by atoms with van der Waals surface area (Å²) >= 11 is 1.75. The largest absolute Gasteiger partial charge is 0.378 e. The first-order valence-corrected chi connectivity index (χ1v) is 7.46. The molecule has 0 saturated carbocycles. The van der Waals surface area contributed by atoms with Crippen LogP contribution in [0.4, 0.5) is 0 Å². The highest BCUT2D eigenvalue weighted by atomic mass is 32.1. The maximum atomic E-state index is 5.66. The van der Waals surface area contributed by atoms with Gasteiger partial charge in [0.25, 0.3) is 0 Å². The van der Waals surface area contributed by atoms with Crippen LogP contribution in [0.1, 0.15) is 22.4 Å². The molecule has 1 saturated heterocycles. The lowest BCUT2D eigenvalue weighted by Gasteiger charge is -2.35. The number of hydrogen-bond acceptors (Lipinski definition) is 4. The summed E-state index contributed by atoms with van der Waals surface area (Å²) in [6, 6.07) is 4.60. The van der Waals surface area contributed by atoms with Crippen LogP contribution in [0.5, 0.6) is 0 Å². The molecule has 2 aromatic heterocycles. The van der Waals surface area contributed by atoms with Crippen LogP contribution in [0.3, 0.4) is 0 Å². The molecule has 3 rings (SSSR count). The van der Waals surface area contributed by atoms with Crippen molar-refractivity contribution >= 4 is 11.3 Å². The van der Waals surface area contributed by atoms with E-state index in [1.807, 2.05) is 6.92 Å². The van der Waals surface area contributed by atoms with E-state index in [1.54, 1.807) is 11.3 Å². The van der Waals surface area contributed by atoms with E-state index in [9.17, 15) is 0 Å². The second-order valence-electron chi connectivity index (χ2n) is 4.99. The number of aromatic nitrogens is 2. The van der Waals surface area contributed by atoms with Gasteiger partial charge < -0.3 is 9.30 Å². The molecule has 19 heavy (non-hydrogen) atoms. The van der Waals surface area contributed by atoms with Crippen molar-refractivity contribution in [1.29, 1.82) is 0 Å². The van der Waals surface area contributed by atoms with Gasteiger partial charge in [0.2, 0.25) is 0 Å². The van der Waals surface area contributed by atoms with Crippen LogP contribution >= 0.6 is 11.3 Å². The van der Waals surface area contributed by atoms with Crippen LogP contribution in [0.2, 0.25) is 0 Å². The van der Waals surface area contributed by atoms with Crippen molar-refractivity contribution in [2.24, 2.45) is 7.05 Å². The van der Waals surface area contributed by atoms with Gasteiger partial charge in [-0.25, -0.2) is 4.98 Å². The molecule has 1 atom stereocenters. The first-order valence-electron chi connectivity index (χ1n) is 6.58. The minimum Gasteiger partial charge on any atom is -0.378 e. The Kier molecular flexibility index (Phi) is 3.68. The van der Waals surface area contributed by atoms with E-state index < -0.39 is 0 Å². The van der Waals surface area contributed by atoms with Gasteiger partial charge in [0.1, 0.15) is 5.01 Å². The third-order valence-electron chi connectivity index (χ3n) is 3.57. The van der Waals surface area contributed by atoms with E-state index in [1.165, 1.54) is 10.7 Å². The van der Waals surface area contributed by atoms with Crippen molar-refractivity contribution in [3.8, 4) is 0 Å². The first kappa shape index (κ1) is 12.8. The fraction of sp³-hybridized carbons (Fsp3) is 0.500. The smallest absolute Gasteiger partial charge is 0.107 e. The zero-order valence-corrected chi connectivity index (χ0v) is 12.2. The van der Waals surface area contributed by atoms with Crippen molar-refractivity contribution in [3.05, 3.63) is 40.1 Å². The minimum atomic E-state index is 0.331. The molecule has 0 bridgehead atoms. The van der Waals surface area contributed by atoms with Crippen molar-refractivity contribution in [3.63, 3.8) is 0 Å². The molecule has 0 unspecified atom stereocenters. The molecule has 0 aliphatic carbocycles. The van der Waals surface area contributed by atoms with Gasteiger partial charge in [-0.05, 0) is 19.1 Å². The molecule has 0 amide bonds. The van der Waals surface area contributed by atoms with Crippen LogP contribution in [0.15, 0.2) is 23.7 Å². The number of ether oxygens (including phenoxy) is 1. The monoisotopic (exact) mass is 277 g/mol. The van der Waals surface area contributed by atoms with Crippen LogP contribution in [0, 0.1) is 6.92 Å². The van der Waals surface area contributed by atoms with Gasteiger partial charge in [-0.3, -0.25) is 4.90 Å². The van der Waals surface area contributed by atoms with Gasteiger partial charge >= 0.3 is 0 Å². The fourth-order valence-corrected chi connectivity index (χ4v) is 3.37. The summed E-state index contributed by atoms with van der Waals surface area (Å²) in [5.74, 6) is 0. The lowest BCUT2D eigenvalue weighted by molar-refractivity contribution is -0.0152. The van der Waals surface area contributed by atoms with Gasteiger partial charge in [0.15, 0.2) is 0 Å². The number of hydrogen-bond donors (Lipinski definition) is 0. The second kappa shape index (κ2) is 5.45. The fourth-order valence-electron chi connectivity index (χ4n) is 2.57. The average Bonchev–Trinajstić information content (AvgIpc) is 2.99. The number of nitrogens with zero attached hydrogens (tertiary/aromatic N) is 3. The number of rotatable bonds is 3. The summed E-state index contributed by atoms with van der Waals surface area (Å²) < 4.78 is 7.84. The molecule has 3 heterocycles. The zero-order chi connectivity index (χ0) is 13.2. The predicted octanol–water partition coefficient (Wildman–Crippen LogP) is 2.36. The number of morpholine rings is 1. The predicted molar refractivity (Wildman–Crippen MR) is 76.2 cm³/mol. The van der Waals surface area contributed by atoms with E-state index in [2.05, 4.69) is 45.2 Å². The van der Waals surface area contributed by atoms with Gasteiger partial charge in [-0.15, -0.1) is 11.3 Å². The number of thiazole rings is 1. The summed E-state index contributed by atoms with van der Waals surface area (Å²) in [5, 5.41) is 3.31. The molecule has 0 aromatic carbocycles. The van der Waals surface area contributed by atoms with E-state index >= 15 is 0 Å². The molecule has 0 spiro atoms. The standard InChI is InChI=1S/C14H19N3OS/c1-11-10-19-14(15-11)8-17-6-7-18-9-13(17)12-4-3-5-16(12)2/h3-5,10,13H,6-9H2,1-2H3/t13-/m0/s1. The van der Waals surface area contributed by atoms with Crippen molar-refractivity contribution < 1.29 is 4.74 Å². The van der Waals surface area contributed by atoms with Crippen LogP contribution < -0.4 is 0 Å². The van der Waals surface area contributed by atoms with Crippen LogP contribution in [-0.4, -0.2) is 34.2 Å². The Balaban J connectivity index is 1.79. The molecular formula is C14H19N3OS. The van der Waals surface area contributed by atoms with Crippen LogP contribution in [-0.2, 0) is 18.3 Å². The van der Waals surface area contributed by atoms with Crippen LogP contribution in [0.25, 0.3) is 0 Å². The Hall–Kier alpha value is -1.17. The Labute approximate surface area is 117 Å². The molecular weight excluding hydrogens is 258 g/mol. The summed E-state index contributed by atoms with van der Waals surface area (Å²) in [6.45, 7) is 5.51. The summed E-state index contributed by atoms with van der Waals surface area (Å²) in [6.07, 6.45) is 2.09. The average molecular weight is 277 g/mol. The van der Waals surface area contributed by atoms with E-state index in [0.29, 0.717) is 6.04 Å². The topological polar surface area (TPSA) is 30.3 Å². The normalized spacial score (nSPS) is 20.8. The zero-order valence-electron chi connectivity index (χ0n) is 11.4. The molecule has 4 nitrogen and oxygen atoms in total. The van der Waals surface area contributed by atoms with Crippen molar-refractivity contribution in [1.82, 2.24) is 14.5 Å². The second-order valence-corrected chi connectivity index (χ2v) is 5.93. The molecule has 0 N–H and O–H groups in total. The minimum absolute atomic E-state index is 0.331. The van der Waals surface area contributed by atoms with E-state index in [0.717, 1.165) is 32.0 Å². The Morgan fingerprint density at radius 1 is 1.53 bits per heavy atom. The maximum absolute atomic E-state index is 5.66. The highest BCUT2D eigenvalue weighted by Gasteiger charge is 2.26. The Bertz CT molecular complexity index is 548.